The molecule has 2 heterocycles. The van der Waals surface area contributed by atoms with Gasteiger partial charge in [-0.3, -0.25) is 4.79 Å². The number of para-hydroxylation sites is 1. The number of carbonyl (C=O) groups excluding carboxylic acids is 1. The summed E-state index contributed by atoms with van der Waals surface area (Å²) in [5, 5.41) is 4.81. The number of aromatic nitrogens is 1. The lowest BCUT2D eigenvalue weighted by molar-refractivity contribution is -0.132. The molecule has 3 rings (SSSR count). The first kappa shape index (κ1) is 15.9. The quantitative estimate of drug-likeness (QED) is 0.829. The molecule has 124 valence electrons. The zero-order valence-corrected chi connectivity index (χ0v) is 13.9. The van der Waals surface area contributed by atoms with E-state index in [1.807, 2.05) is 31.2 Å². The molecule has 1 atom stereocenters. The van der Waals surface area contributed by atoms with Crippen molar-refractivity contribution in [3.8, 4) is 0 Å². The molecule has 8 heteroatoms. The molecular weight excluding hydrogens is 318 g/mol. The van der Waals surface area contributed by atoms with Crippen LogP contribution in [0.3, 0.4) is 0 Å². The molecule has 0 N–H and O–H groups in total. The van der Waals surface area contributed by atoms with Crippen LogP contribution in [0.2, 0.25) is 0 Å². The summed E-state index contributed by atoms with van der Waals surface area (Å²) in [7, 11) is -3.23. The van der Waals surface area contributed by atoms with Crippen molar-refractivity contribution in [1.82, 2.24) is 14.4 Å². The van der Waals surface area contributed by atoms with Crippen molar-refractivity contribution in [2.24, 2.45) is 0 Å². The highest BCUT2D eigenvalue weighted by Crippen LogP contribution is 2.20. The van der Waals surface area contributed by atoms with Gasteiger partial charge in [0.25, 0.3) is 0 Å². The van der Waals surface area contributed by atoms with Gasteiger partial charge in [0.05, 0.1) is 12.7 Å². The Labute approximate surface area is 134 Å². The van der Waals surface area contributed by atoms with E-state index in [2.05, 4.69) is 5.16 Å². The van der Waals surface area contributed by atoms with Gasteiger partial charge in [-0.05, 0) is 19.1 Å². The molecule has 0 spiro atoms. The molecule has 0 bridgehead atoms. The Kier molecular flexibility index (Phi) is 4.11. The molecule has 1 saturated heterocycles. The smallest absolute Gasteiger partial charge is 0.228 e. The van der Waals surface area contributed by atoms with Crippen LogP contribution in [0, 0.1) is 0 Å². The fraction of sp³-hybridized carbons (Fsp3) is 0.467. The SMILES string of the molecule is C[C@H]1CN(C(=O)Cc2noc3ccccc23)CCN1S(C)(=O)=O. The van der Waals surface area contributed by atoms with E-state index in [0.717, 1.165) is 5.39 Å². The highest BCUT2D eigenvalue weighted by atomic mass is 32.2. The van der Waals surface area contributed by atoms with Crippen LogP contribution in [0.25, 0.3) is 11.0 Å². The molecule has 23 heavy (non-hydrogen) atoms. The summed E-state index contributed by atoms with van der Waals surface area (Å²) in [5.74, 6) is -0.0657. The predicted octanol–water partition coefficient (Wildman–Crippen LogP) is 0.863. The first-order valence-corrected chi connectivity index (χ1v) is 9.29. The monoisotopic (exact) mass is 337 g/mol. The summed E-state index contributed by atoms with van der Waals surface area (Å²) in [6, 6.07) is 7.19. The molecule has 1 aliphatic rings. The molecule has 0 aliphatic carbocycles. The van der Waals surface area contributed by atoms with Crippen LogP contribution in [-0.4, -0.2) is 60.6 Å². The highest BCUT2D eigenvalue weighted by Gasteiger charge is 2.32. The predicted molar refractivity (Wildman–Crippen MR) is 85.3 cm³/mol. The van der Waals surface area contributed by atoms with Crippen LogP contribution in [-0.2, 0) is 21.2 Å². The van der Waals surface area contributed by atoms with Gasteiger partial charge < -0.3 is 9.42 Å². The zero-order chi connectivity index (χ0) is 16.6. The Hall–Kier alpha value is -1.93. The minimum Gasteiger partial charge on any atom is -0.356 e. The largest absolute Gasteiger partial charge is 0.356 e. The number of sulfonamides is 1. The lowest BCUT2D eigenvalue weighted by Crippen LogP contribution is -2.55. The van der Waals surface area contributed by atoms with Crippen LogP contribution >= 0.6 is 0 Å². The number of carbonyl (C=O) groups is 1. The van der Waals surface area contributed by atoms with Gasteiger partial charge in [0, 0.05) is 31.1 Å². The van der Waals surface area contributed by atoms with E-state index in [9.17, 15) is 13.2 Å². The molecule has 2 aromatic rings. The van der Waals surface area contributed by atoms with Crippen LogP contribution in [0.4, 0.5) is 0 Å². The second-order valence-corrected chi connectivity index (χ2v) is 7.80. The van der Waals surface area contributed by atoms with Crippen molar-refractivity contribution < 1.29 is 17.7 Å². The molecule has 1 amide bonds. The summed E-state index contributed by atoms with van der Waals surface area (Å²) in [6.07, 6.45) is 1.35. The lowest BCUT2D eigenvalue weighted by Gasteiger charge is -2.38. The average Bonchev–Trinajstić information content (AvgIpc) is 2.89. The molecule has 0 saturated carbocycles. The Balaban J connectivity index is 1.70. The Morgan fingerprint density at radius 3 is 2.78 bits per heavy atom. The number of hydrogen-bond donors (Lipinski definition) is 0. The molecule has 1 fully saturated rings. The van der Waals surface area contributed by atoms with Crippen molar-refractivity contribution in [3.63, 3.8) is 0 Å². The Bertz CT molecular complexity index is 830. The van der Waals surface area contributed by atoms with Crippen molar-refractivity contribution in [2.75, 3.05) is 25.9 Å². The fourth-order valence-corrected chi connectivity index (χ4v) is 4.11. The van der Waals surface area contributed by atoms with Crippen LogP contribution in [0.15, 0.2) is 28.8 Å². The van der Waals surface area contributed by atoms with Crippen molar-refractivity contribution in [3.05, 3.63) is 30.0 Å². The normalized spacial score (nSPS) is 20.1. The third-order valence-corrected chi connectivity index (χ3v) is 5.51. The Morgan fingerprint density at radius 1 is 1.35 bits per heavy atom. The topological polar surface area (TPSA) is 83.7 Å². The third kappa shape index (κ3) is 3.23. The van der Waals surface area contributed by atoms with Gasteiger partial charge in [-0.25, -0.2) is 8.42 Å². The lowest BCUT2D eigenvalue weighted by atomic mass is 10.1. The standard InChI is InChI=1S/C15H19N3O4S/c1-11-10-17(7-8-18(11)23(2,20)21)15(19)9-13-12-5-3-4-6-14(12)22-16-13/h3-6,11H,7-10H2,1-2H3/t11-/m0/s1. The summed E-state index contributed by atoms with van der Waals surface area (Å²) in [4.78, 5) is 14.2. The first-order valence-electron chi connectivity index (χ1n) is 7.44. The maximum Gasteiger partial charge on any atom is 0.228 e. The second-order valence-electron chi connectivity index (χ2n) is 5.86. The fourth-order valence-electron chi connectivity index (χ4n) is 2.98. The van der Waals surface area contributed by atoms with Gasteiger partial charge >= 0.3 is 0 Å². The van der Waals surface area contributed by atoms with E-state index in [-0.39, 0.29) is 18.4 Å². The van der Waals surface area contributed by atoms with E-state index in [1.165, 1.54) is 10.6 Å². The summed E-state index contributed by atoms with van der Waals surface area (Å²) < 4.78 is 30.0. The minimum atomic E-state index is -3.23. The van der Waals surface area contributed by atoms with Crippen LogP contribution in [0.5, 0.6) is 0 Å². The number of amides is 1. The number of benzene rings is 1. The summed E-state index contributed by atoms with van der Waals surface area (Å²) >= 11 is 0. The van der Waals surface area contributed by atoms with Gasteiger partial charge in [-0.15, -0.1) is 0 Å². The molecule has 1 aromatic heterocycles. The van der Waals surface area contributed by atoms with Crippen LogP contribution in [0.1, 0.15) is 12.6 Å². The van der Waals surface area contributed by atoms with E-state index in [1.54, 1.807) is 4.90 Å². The number of nitrogens with zero attached hydrogens (tertiary/aromatic N) is 3. The first-order chi connectivity index (χ1) is 10.9. The second kappa shape index (κ2) is 5.93. The van der Waals surface area contributed by atoms with Gasteiger partial charge in [0.15, 0.2) is 5.58 Å². The van der Waals surface area contributed by atoms with E-state index < -0.39 is 10.0 Å². The number of piperazine rings is 1. The van der Waals surface area contributed by atoms with Gasteiger partial charge in [-0.2, -0.15) is 4.31 Å². The Morgan fingerprint density at radius 2 is 2.09 bits per heavy atom. The van der Waals surface area contributed by atoms with Gasteiger partial charge in [0.1, 0.15) is 5.69 Å². The third-order valence-electron chi connectivity index (χ3n) is 4.12. The van der Waals surface area contributed by atoms with Gasteiger partial charge in [0.2, 0.25) is 15.9 Å². The average molecular weight is 337 g/mol. The maximum absolute atomic E-state index is 12.5. The number of hydrogen-bond acceptors (Lipinski definition) is 5. The molecule has 1 aromatic carbocycles. The molecule has 0 radical (unpaired) electrons. The number of rotatable bonds is 3. The minimum absolute atomic E-state index is 0.0657. The van der Waals surface area contributed by atoms with Gasteiger partial charge in [-0.1, -0.05) is 17.3 Å². The zero-order valence-electron chi connectivity index (χ0n) is 13.1. The van der Waals surface area contributed by atoms with Crippen molar-refractivity contribution >= 4 is 26.9 Å². The van der Waals surface area contributed by atoms with Crippen molar-refractivity contribution in [1.29, 1.82) is 0 Å². The van der Waals surface area contributed by atoms with Crippen molar-refractivity contribution in [2.45, 2.75) is 19.4 Å². The maximum atomic E-state index is 12.5. The molecular formula is C15H19N3O4S. The molecule has 7 nitrogen and oxygen atoms in total. The van der Waals surface area contributed by atoms with E-state index in [0.29, 0.717) is 30.9 Å². The van der Waals surface area contributed by atoms with E-state index in [4.69, 9.17) is 4.52 Å². The van der Waals surface area contributed by atoms with Crippen LogP contribution < -0.4 is 0 Å². The summed E-state index contributed by atoms with van der Waals surface area (Å²) in [6.45, 7) is 2.92. The molecule has 1 aliphatic heterocycles. The molecule has 0 unspecified atom stereocenters. The van der Waals surface area contributed by atoms with E-state index >= 15 is 0 Å². The summed E-state index contributed by atoms with van der Waals surface area (Å²) in [5.41, 5.74) is 1.27. The number of fused-ring (bicyclic) bond motifs is 1. The highest BCUT2D eigenvalue weighted by molar-refractivity contribution is 7.88.